The lowest BCUT2D eigenvalue weighted by molar-refractivity contribution is -0.143. The van der Waals surface area contributed by atoms with Gasteiger partial charge in [0.2, 0.25) is 0 Å². The predicted octanol–water partition coefficient (Wildman–Crippen LogP) is 14.5. The van der Waals surface area contributed by atoms with Crippen LogP contribution in [0.4, 0.5) is 24.5 Å². The van der Waals surface area contributed by atoms with Gasteiger partial charge in [0, 0.05) is 72.4 Å². The summed E-state index contributed by atoms with van der Waals surface area (Å²) in [5.74, 6) is -2.05. The molecule has 0 saturated heterocycles. The molecule has 0 aliphatic heterocycles. The molecule has 428 valence electrons. The summed E-state index contributed by atoms with van der Waals surface area (Å²) in [6.07, 6.45) is 15.8. The number of ether oxygens (including phenoxy) is 4. The minimum absolute atomic E-state index is 0.0540. The number of hydrogen-bond acceptors (Lipinski definition) is 11. The molecule has 82 heavy (non-hydrogen) atoms. The molecule has 0 bridgehead atoms. The number of ketones is 1. The van der Waals surface area contributed by atoms with Crippen molar-refractivity contribution in [3.63, 3.8) is 0 Å². The first-order valence-corrected chi connectivity index (χ1v) is 27.4. The van der Waals surface area contributed by atoms with Crippen molar-refractivity contribution in [3.8, 4) is 28.7 Å². The Balaban J connectivity index is 0.000000162. The number of aromatic hydroxyl groups is 1. The Morgan fingerprint density at radius 3 is 1.99 bits per heavy atom. The summed E-state index contributed by atoms with van der Waals surface area (Å²) in [4.78, 5) is 60.8. The summed E-state index contributed by atoms with van der Waals surface area (Å²) in [7, 11) is 1.62. The standard InChI is InChI=1S/C22H14Cl2FN3O3.C20H25NO4.C17H14Cl2F2N2O3/c23-17-8-26-9-18(24)20(17)27-22(31)21(30)16-11-28(10-12-1-3-13(25)4-2-12)19-6-5-14(29)7-15(16)19;1-21-20(11-9-14(10-12-20)19(22)23)15-7-8-17(24-2)18(13-15)25-16-5-3-4-6-16;18-11-6-22-7-12(19)15(11)23-16(24)10-3-4-13(26-17(20)21)14(5-10)25-8-9-1-2-9/h1-9,11,29H,10H2,(H,26,27,31);7-8,13-14,16H,3-6,9-12H2,2H3,(H,22,23);3-7,9,17H,1-2,8H2,(H,22,23,24). The third-order valence-electron chi connectivity index (χ3n) is 14.0. The lowest BCUT2D eigenvalue weighted by Crippen LogP contribution is -2.31. The van der Waals surface area contributed by atoms with Crippen molar-refractivity contribution >= 4 is 92.2 Å². The van der Waals surface area contributed by atoms with E-state index in [0.717, 1.165) is 36.8 Å². The molecule has 16 nitrogen and oxygen atoms in total. The second-order valence-electron chi connectivity index (χ2n) is 19.6. The smallest absolute Gasteiger partial charge is 0.387 e. The van der Waals surface area contributed by atoms with E-state index in [1.165, 1.54) is 86.3 Å². The van der Waals surface area contributed by atoms with Crippen LogP contribution in [0.3, 0.4) is 0 Å². The van der Waals surface area contributed by atoms with Gasteiger partial charge in [0.05, 0.1) is 62.8 Å². The van der Waals surface area contributed by atoms with Crippen LogP contribution in [-0.4, -0.2) is 74.7 Å². The molecular weight excluding hydrogens is 1150 g/mol. The van der Waals surface area contributed by atoms with E-state index in [4.69, 9.17) is 67.2 Å². The predicted molar refractivity (Wildman–Crippen MR) is 304 cm³/mol. The number of alkyl halides is 2. The number of pyridine rings is 2. The van der Waals surface area contributed by atoms with Crippen molar-refractivity contribution in [2.45, 2.75) is 89.0 Å². The van der Waals surface area contributed by atoms with Gasteiger partial charge in [-0.1, -0.05) is 58.5 Å². The zero-order chi connectivity index (χ0) is 58.7. The molecule has 10 rings (SSSR count). The highest BCUT2D eigenvalue weighted by molar-refractivity contribution is 6.50. The van der Waals surface area contributed by atoms with E-state index >= 15 is 0 Å². The van der Waals surface area contributed by atoms with Gasteiger partial charge in [-0.25, -0.2) is 11.0 Å². The van der Waals surface area contributed by atoms with Gasteiger partial charge < -0.3 is 49.2 Å². The van der Waals surface area contributed by atoms with Gasteiger partial charge in [-0.2, -0.15) is 8.78 Å². The van der Waals surface area contributed by atoms with Gasteiger partial charge in [-0.3, -0.25) is 29.1 Å². The fourth-order valence-electron chi connectivity index (χ4n) is 9.42. The molecule has 0 atom stereocenters. The van der Waals surface area contributed by atoms with Crippen LogP contribution in [0.2, 0.25) is 20.1 Å². The lowest BCUT2D eigenvalue weighted by atomic mass is 9.73. The molecule has 3 aliphatic carbocycles. The SMILES string of the molecule is O=C(Nc1c(Cl)cncc1Cl)C(=O)c1cn(Cc2ccc(F)cc2)c2ccc(O)cc12.O=C(Nc1c(Cl)cncc1Cl)c1ccc(OC(F)F)c(OCC2CC2)c1.[C-]#[N+]C1(c2ccc(OC)c(OC3CCCC3)c2)CCC(C(=O)O)CC1. The maximum Gasteiger partial charge on any atom is 0.387 e. The molecule has 3 aliphatic rings. The highest BCUT2D eigenvalue weighted by Gasteiger charge is 2.45. The number of carboxylic acid groups (broad SMARTS) is 1. The summed E-state index contributed by atoms with van der Waals surface area (Å²) in [6, 6.07) is 20.2. The Morgan fingerprint density at radius 2 is 1.40 bits per heavy atom. The molecule has 4 N–H and O–H groups in total. The van der Waals surface area contributed by atoms with Crippen molar-refractivity contribution < 1.29 is 61.5 Å². The van der Waals surface area contributed by atoms with Gasteiger partial charge >= 0.3 is 12.6 Å². The van der Waals surface area contributed by atoms with Crippen LogP contribution in [0.5, 0.6) is 28.7 Å². The van der Waals surface area contributed by atoms with Crippen molar-refractivity contribution in [1.29, 1.82) is 0 Å². The highest BCUT2D eigenvalue weighted by atomic mass is 35.5. The number of carboxylic acids is 1. The van der Waals surface area contributed by atoms with Crippen molar-refractivity contribution in [2.75, 3.05) is 24.4 Å². The molecular formula is C59H53Cl4F3N6O10. The van der Waals surface area contributed by atoms with Gasteiger partial charge in [-0.15, -0.1) is 0 Å². The third kappa shape index (κ3) is 15.2. The molecule has 7 aromatic rings. The number of carbonyl (C=O) groups is 4. The number of nitrogens with zero attached hydrogens (tertiary/aromatic N) is 4. The maximum absolute atomic E-state index is 13.2. The number of benzene rings is 4. The number of anilines is 2. The van der Waals surface area contributed by atoms with Gasteiger partial charge in [-0.05, 0) is 130 Å². The van der Waals surface area contributed by atoms with E-state index in [1.54, 1.807) is 29.9 Å². The minimum atomic E-state index is -2.99. The minimum Gasteiger partial charge on any atom is -0.508 e. The van der Waals surface area contributed by atoms with Crippen molar-refractivity contribution in [1.82, 2.24) is 14.5 Å². The Kier molecular flexibility index (Phi) is 20.1. The molecule has 23 heteroatoms. The van der Waals surface area contributed by atoms with E-state index in [0.29, 0.717) is 67.2 Å². The van der Waals surface area contributed by atoms with Crippen LogP contribution in [0.25, 0.3) is 15.7 Å². The van der Waals surface area contributed by atoms with Crippen molar-refractivity contribution in [3.05, 3.63) is 169 Å². The van der Waals surface area contributed by atoms with Gasteiger partial charge in [0.25, 0.3) is 23.1 Å². The van der Waals surface area contributed by atoms with Crippen LogP contribution in [0.1, 0.15) is 96.1 Å². The third-order valence-corrected chi connectivity index (χ3v) is 15.2. The van der Waals surface area contributed by atoms with Crippen LogP contribution in [0.15, 0.2) is 110 Å². The quantitative estimate of drug-likeness (QED) is 0.0382. The molecule has 0 unspecified atom stereocenters. The number of rotatable bonds is 17. The first-order chi connectivity index (χ1) is 39.3. The first kappa shape index (κ1) is 60.3. The molecule has 4 aromatic carbocycles. The molecule has 0 spiro atoms. The zero-order valence-corrected chi connectivity index (χ0v) is 46.8. The molecule has 0 radical (unpaired) electrons. The number of phenolic OH excluding ortho intramolecular Hbond substituents is 1. The number of aromatic nitrogens is 3. The molecule has 3 saturated carbocycles. The summed E-state index contributed by atoms with van der Waals surface area (Å²) >= 11 is 24.0. The summed E-state index contributed by atoms with van der Waals surface area (Å²) in [6.45, 7) is 5.47. The largest absolute Gasteiger partial charge is 0.508 e. The van der Waals surface area contributed by atoms with Crippen LogP contribution in [0, 0.1) is 24.2 Å². The monoisotopic (exact) mass is 1200 g/mol. The number of phenols is 1. The van der Waals surface area contributed by atoms with Crippen molar-refractivity contribution in [2.24, 2.45) is 11.8 Å². The average molecular weight is 1200 g/mol. The molecule has 2 amide bonds. The summed E-state index contributed by atoms with van der Waals surface area (Å²) in [5.41, 5.74) is 2.25. The summed E-state index contributed by atoms with van der Waals surface area (Å²) < 4.78 is 61.7. The highest BCUT2D eigenvalue weighted by Crippen LogP contribution is 2.46. The van der Waals surface area contributed by atoms with E-state index in [-0.39, 0.29) is 77.7 Å². The lowest BCUT2D eigenvalue weighted by Gasteiger charge is -2.30. The Bertz CT molecular complexity index is 3470. The maximum atomic E-state index is 13.2. The normalized spacial score (nSPS) is 16.6. The number of carbonyl (C=O) groups excluding carboxylic acids is 3. The van der Waals surface area contributed by atoms with Gasteiger partial charge in [0.1, 0.15) is 11.6 Å². The Morgan fingerprint density at radius 1 is 0.780 bits per heavy atom. The van der Waals surface area contributed by atoms with E-state index in [1.807, 2.05) is 18.2 Å². The topological polar surface area (TPSA) is 205 Å². The van der Waals surface area contributed by atoms with E-state index in [9.17, 15) is 42.6 Å². The first-order valence-electron chi connectivity index (χ1n) is 25.8. The fourth-order valence-corrected chi connectivity index (χ4v) is 10.3. The average Bonchev–Trinajstić information content (AvgIpc) is 4.22. The number of hydrogen-bond donors (Lipinski definition) is 4. The van der Waals surface area contributed by atoms with Crippen LogP contribution >= 0.6 is 46.4 Å². The molecule has 3 heterocycles. The van der Waals surface area contributed by atoms with Gasteiger partial charge in [0.15, 0.2) is 23.0 Å². The number of amides is 2. The Labute approximate surface area is 489 Å². The Hall–Kier alpha value is -7.76. The molecule has 3 fully saturated rings. The summed E-state index contributed by atoms with van der Waals surface area (Å²) in [5, 5.41) is 25.0. The number of Topliss-reactive ketones (excluding diaryl/α,β-unsaturated/α-hetero) is 1. The van der Waals surface area contributed by atoms with Crippen LogP contribution < -0.4 is 29.6 Å². The molecule has 3 aromatic heterocycles. The zero-order valence-electron chi connectivity index (χ0n) is 43.8. The number of nitrogens with one attached hydrogen (secondary N) is 2. The number of halogens is 7. The van der Waals surface area contributed by atoms with Crippen LogP contribution in [-0.2, 0) is 21.7 Å². The number of aliphatic carboxylic acids is 1. The van der Waals surface area contributed by atoms with E-state index < -0.39 is 35.7 Å². The second-order valence-corrected chi connectivity index (χ2v) is 21.3. The number of fused-ring (bicyclic) bond motifs is 1. The number of methoxy groups -OCH3 is 1. The fraction of sp³-hybridized carbons (Fsp3) is 0.305. The van der Waals surface area contributed by atoms with E-state index in [2.05, 4.69) is 30.2 Å². The second kappa shape index (κ2) is 27.3.